The van der Waals surface area contributed by atoms with E-state index in [4.69, 9.17) is 12.2 Å². The van der Waals surface area contributed by atoms with Crippen molar-refractivity contribution in [3.63, 3.8) is 0 Å². The maximum atomic E-state index is 11.6. The maximum absolute atomic E-state index is 11.6. The molecule has 80 valence electrons. The number of aryl methyl sites for hydroxylation is 1. The summed E-state index contributed by atoms with van der Waals surface area (Å²) in [5, 5.41) is 9.10. The van der Waals surface area contributed by atoms with Crippen LogP contribution in [-0.4, -0.2) is 22.1 Å². The normalized spacial score (nSPS) is 11.8. The summed E-state index contributed by atoms with van der Waals surface area (Å²) in [4.78, 5) is 11.6. The zero-order valence-corrected chi connectivity index (χ0v) is 8.79. The van der Waals surface area contributed by atoms with E-state index in [9.17, 15) is 4.79 Å². The van der Waals surface area contributed by atoms with Crippen LogP contribution < -0.4 is 11.1 Å². The highest BCUT2D eigenvalue weighted by atomic mass is 16.2. The average molecular weight is 206 g/mol. The van der Waals surface area contributed by atoms with Crippen molar-refractivity contribution in [1.29, 1.82) is 0 Å². The van der Waals surface area contributed by atoms with Gasteiger partial charge in [-0.25, -0.2) is 0 Å². The van der Waals surface area contributed by atoms with E-state index < -0.39 is 0 Å². The molecule has 4 N–H and O–H groups in total. The molecule has 0 saturated carbocycles. The quantitative estimate of drug-likeness (QED) is 0.627. The van der Waals surface area contributed by atoms with E-state index in [2.05, 4.69) is 21.4 Å². The minimum atomic E-state index is -0.346. The van der Waals surface area contributed by atoms with Crippen LogP contribution in [0.5, 0.6) is 0 Å². The number of rotatable bonds is 3. The third-order valence-electron chi connectivity index (χ3n) is 2.12. The molecule has 0 aliphatic carbocycles. The maximum Gasteiger partial charge on any atom is 0.274 e. The first-order valence-electron chi connectivity index (χ1n) is 4.67. The lowest BCUT2D eigenvalue weighted by atomic mass is 10.2. The highest BCUT2D eigenvalue weighted by Crippen LogP contribution is 2.12. The minimum absolute atomic E-state index is 0.196. The SMILES string of the molecule is C#CC(CC)NC(=O)c1n[nH]c(C)c1N. The van der Waals surface area contributed by atoms with Crippen LogP contribution in [-0.2, 0) is 0 Å². The number of hydrogen-bond acceptors (Lipinski definition) is 3. The van der Waals surface area contributed by atoms with Gasteiger partial charge in [0.15, 0.2) is 5.69 Å². The standard InChI is InChI=1S/C10H14N4O/c1-4-7(5-2)12-10(15)9-8(11)6(3)13-14-9/h1,7H,5,11H2,2-3H3,(H,12,15)(H,13,14). The molecule has 1 unspecified atom stereocenters. The molecular formula is C10H14N4O. The lowest BCUT2D eigenvalue weighted by Crippen LogP contribution is -2.33. The molecule has 5 heteroatoms. The Hall–Kier alpha value is -1.96. The first kappa shape index (κ1) is 11.1. The molecule has 5 nitrogen and oxygen atoms in total. The summed E-state index contributed by atoms with van der Waals surface area (Å²) >= 11 is 0. The number of nitrogens with one attached hydrogen (secondary N) is 2. The predicted molar refractivity (Wildman–Crippen MR) is 58.1 cm³/mol. The number of aromatic amines is 1. The van der Waals surface area contributed by atoms with E-state index >= 15 is 0 Å². The third-order valence-corrected chi connectivity index (χ3v) is 2.12. The van der Waals surface area contributed by atoms with Crippen molar-refractivity contribution < 1.29 is 4.79 Å². The monoisotopic (exact) mass is 206 g/mol. The molecular weight excluding hydrogens is 192 g/mol. The molecule has 1 heterocycles. The van der Waals surface area contributed by atoms with Gasteiger partial charge in [-0.2, -0.15) is 5.10 Å². The molecule has 0 saturated heterocycles. The molecule has 1 atom stereocenters. The van der Waals surface area contributed by atoms with Crippen LogP contribution in [0, 0.1) is 19.3 Å². The number of carbonyl (C=O) groups is 1. The number of terminal acetylenes is 1. The van der Waals surface area contributed by atoms with Gasteiger partial charge in [0.1, 0.15) is 0 Å². The largest absolute Gasteiger partial charge is 0.395 e. The van der Waals surface area contributed by atoms with Crippen molar-refractivity contribution in [2.24, 2.45) is 0 Å². The van der Waals surface area contributed by atoms with Gasteiger partial charge in [-0.15, -0.1) is 6.42 Å². The van der Waals surface area contributed by atoms with Crippen molar-refractivity contribution >= 4 is 11.6 Å². The molecule has 1 rings (SSSR count). The Kier molecular flexibility index (Phi) is 3.34. The summed E-state index contributed by atoms with van der Waals surface area (Å²) in [6.45, 7) is 3.64. The van der Waals surface area contributed by atoms with E-state index in [0.29, 0.717) is 17.8 Å². The predicted octanol–water partition coefficient (Wildman–Crippen LogP) is 0.442. The fourth-order valence-electron chi connectivity index (χ4n) is 1.10. The average Bonchev–Trinajstić information content (AvgIpc) is 2.56. The molecule has 1 aromatic rings. The molecule has 0 aromatic carbocycles. The van der Waals surface area contributed by atoms with E-state index in [1.165, 1.54) is 0 Å². The van der Waals surface area contributed by atoms with Gasteiger partial charge >= 0.3 is 0 Å². The molecule has 0 spiro atoms. The number of hydrogen-bond donors (Lipinski definition) is 3. The first-order valence-corrected chi connectivity index (χ1v) is 4.67. The van der Waals surface area contributed by atoms with Crippen molar-refractivity contribution in [2.75, 3.05) is 5.73 Å². The summed E-state index contributed by atoms with van der Waals surface area (Å²) in [5.74, 6) is 2.12. The van der Waals surface area contributed by atoms with Crippen LogP contribution in [0.1, 0.15) is 29.5 Å². The summed E-state index contributed by atoms with van der Waals surface area (Å²) in [6, 6.07) is -0.283. The summed E-state index contributed by atoms with van der Waals surface area (Å²) in [6.07, 6.45) is 5.90. The number of nitrogens with zero attached hydrogens (tertiary/aromatic N) is 1. The van der Waals surface area contributed by atoms with Crippen molar-refractivity contribution in [3.05, 3.63) is 11.4 Å². The summed E-state index contributed by atoms with van der Waals surface area (Å²) in [5.41, 5.74) is 6.89. The second kappa shape index (κ2) is 4.51. The molecule has 15 heavy (non-hydrogen) atoms. The fourth-order valence-corrected chi connectivity index (χ4v) is 1.10. The van der Waals surface area contributed by atoms with Gasteiger partial charge in [-0.1, -0.05) is 12.8 Å². The lowest BCUT2D eigenvalue weighted by Gasteiger charge is -2.09. The molecule has 0 fully saturated rings. The fraction of sp³-hybridized carbons (Fsp3) is 0.400. The first-order chi connectivity index (χ1) is 7.10. The van der Waals surface area contributed by atoms with Crippen LogP contribution in [0.4, 0.5) is 5.69 Å². The molecule has 1 aromatic heterocycles. The lowest BCUT2D eigenvalue weighted by molar-refractivity contribution is 0.0941. The van der Waals surface area contributed by atoms with Crippen molar-refractivity contribution in [2.45, 2.75) is 26.3 Å². The number of aromatic nitrogens is 2. The van der Waals surface area contributed by atoms with Crippen LogP contribution in [0.25, 0.3) is 0 Å². The van der Waals surface area contributed by atoms with Crippen LogP contribution in [0.3, 0.4) is 0 Å². The Morgan fingerprint density at radius 2 is 2.47 bits per heavy atom. The zero-order valence-electron chi connectivity index (χ0n) is 8.79. The van der Waals surface area contributed by atoms with Crippen molar-refractivity contribution in [3.8, 4) is 12.3 Å². The van der Waals surface area contributed by atoms with E-state index in [-0.39, 0.29) is 17.6 Å². The smallest absolute Gasteiger partial charge is 0.274 e. The van der Waals surface area contributed by atoms with E-state index in [1.807, 2.05) is 6.92 Å². The molecule has 0 aliphatic heterocycles. The molecule has 0 radical (unpaired) electrons. The van der Waals surface area contributed by atoms with Crippen LogP contribution in [0.15, 0.2) is 0 Å². The topological polar surface area (TPSA) is 83.8 Å². The second-order valence-electron chi connectivity index (χ2n) is 3.21. The van der Waals surface area contributed by atoms with Crippen LogP contribution in [0.2, 0.25) is 0 Å². The van der Waals surface area contributed by atoms with Gasteiger partial charge < -0.3 is 11.1 Å². The number of carbonyl (C=O) groups excluding carboxylic acids is 1. The molecule has 0 aliphatic rings. The highest BCUT2D eigenvalue weighted by molar-refractivity contribution is 5.97. The van der Waals surface area contributed by atoms with Gasteiger partial charge in [0.05, 0.1) is 17.4 Å². The Morgan fingerprint density at radius 1 is 1.80 bits per heavy atom. The number of H-pyrrole nitrogens is 1. The van der Waals surface area contributed by atoms with Gasteiger partial charge in [-0.3, -0.25) is 9.89 Å². The second-order valence-corrected chi connectivity index (χ2v) is 3.21. The van der Waals surface area contributed by atoms with Gasteiger partial charge in [0.2, 0.25) is 0 Å². The van der Waals surface area contributed by atoms with E-state index in [1.54, 1.807) is 6.92 Å². The summed E-state index contributed by atoms with van der Waals surface area (Å²) in [7, 11) is 0. The summed E-state index contributed by atoms with van der Waals surface area (Å²) < 4.78 is 0. The minimum Gasteiger partial charge on any atom is -0.395 e. The van der Waals surface area contributed by atoms with Gasteiger partial charge in [0, 0.05) is 0 Å². The van der Waals surface area contributed by atoms with Gasteiger partial charge in [-0.05, 0) is 13.3 Å². The Balaban J connectivity index is 2.78. The van der Waals surface area contributed by atoms with Gasteiger partial charge in [0.25, 0.3) is 5.91 Å². The molecule has 0 bridgehead atoms. The molecule has 1 amide bonds. The zero-order chi connectivity index (χ0) is 11.4. The van der Waals surface area contributed by atoms with Crippen LogP contribution >= 0.6 is 0 Å². The third kappa shape index (κ3) is 2.29. The Morgan fingerprint density at radius 3 is 2.87 bits per heavy atom. The number of anilines is 1. The Labute approximate surface area is 88.4 Å². The number of nitrogen functional groups attached to an aromatic ring is 1. The van der Waals surface area contributed by atoms with Crippen molar-refractivity contribution in [1.82, 2.24) is 15.5 Å². The van der Waals surface area contributed by atoms with E-state index in [0.717, 1.165) is 0 Å². The Bertz CT molecular complexity index is 402. The number of nitrogens with two attached hydrogens (primary N) is 1. The number of amides is 1. The highest BCUT2D eigenvalue weighted by Gasteiger charge is 2.16.